The van der Waals surface area contributed by atoms with Crippen LogP contribution in [0.3, 0.4) is 0 Å². The molecule has 370 valence electrons. The van der Waals surface area contributed by atoms with Gasteiger partial charge in [0.15, 0.2) is 0 Å². The maximum Gasteiger partial charge on any atom is 0.252 e. The van der Waals surface area contributed by atoms with Gasteiger partial charge in [-0.3, -0.25) is 9.97 Å². The van der Waals surface area contributed by atoms with E-state index in [9.17, 15) is 0 Å². The molecule has 5 nitrogen and oxygen atoms in total. The predicted octanol–water partition coefficient (Wildman–Crippen LogP) is 16.2. The van der Waals surface area contributed by atoms with E-state index in [1.165, 1.54) is 138 Å². The molecule has 0 atom stereocenters. The van der Waals surface area contributed by atoms with Crippen LogP contribution in [0.1, 0.15) is 52.7 Å². The van der Waals surface area contributed by atoms with E-state index in [2.05, 4.69) is 259 Å². The fourth-order valence-corrected chi connectivity index (χ4v) is 13.5. The zero-order valence-corrected chi connectivity index (χ0v) is 44.6. The maximum atomic E-state index is 4.49. The number of benzene rings is 9. The standard InChI is InChI=1S/C72H54BN5/c1-71(2,3)51-19-23-62-56(39-51)58-33-49(45-25-29-74-30-26-45)35-60-69(58)77(62)66-41-53(76-64-37-47(43-13-9-7-10-14-43)17-21-54(64)55-22-18-48(38-65(55)76)44-15-11-8-12-16-44)42-67-68(66)73(60)61-36-50(46-27-31-75-32-28-46)34-59-57-40-52(72(4,5)6)20-24-63(57)78(67)70(59)61/h7-42H,1-6H3. The molecule has 0 aliphatic carbocycles. The summed E-state index contributed by atoms with van der Waals surface area (Å²) in [7, 11) is 0. The Morgan fingerprint density at radius 1 is 0.321 bits per heavy atom. The van der Waals surface area contributed by atoms with E-state index in [1.807, 2.05) is 24.8 Å². The molecule has 5 aromatic heterocycles. The van der Waals surface area contributed by atoms with Crippen LogP contribution in [0.25, 0.3) is 127 Å². The molecule has 0 radical (unpaired) electrons. The molecule has 0 amide bonds. The first kappa shape index (κ1) is 45.0. The summed E-state index contributed by atoms with van der Waals surface area (Å²) in [5.41, 5.74) is 26.7. The first-order chi connectivity index (χ1) is 37.9. The number of rotatable bonds is 5. The minimum absolute atomic E-state index is 0.0534. The third-order valence-corrected chi connectivity index (χ3v) is 17.3. The zero-order chi connectivity index (χ0) is 52.3. The van der Waals surface area contributed by atoms with Gasteiger partial charge < -0.3 is 13.7 Å². The van der Waals surface area contributed by atoms with Crippen LogP contribution in [-0.4, -0.2) is 30.4 Å². The van der Waals surface area contributed by atoms with Crippen LogP contribution >= 0.6 is 0 Å². The molecule has 0 spiro atoms. The molecular weight excluding hydrogens is 946 g/mol. The summed E-state index contributed by atoms with van der Waals surface area (Å²) in [6.07, 6.45) is 7.70. The van der Waals surface area contributed by atoms with E-state index in [-0.39, 0.29) is 17.5 Å². The fraction of sp³-hybridized carbons (Fsp3) is 0.111. The van der Waals surface area contributed by atoms with Crippen molar-refractivity contribution in [1.82, 2.24) is 23.7 Å². The molecule has 7 heterocycles. The molecule has 14 aromatic rings. The molecular formula is C72H54BN5. The molecule has 2 aliphatic heterocycles. The van der Waals surface area contributed by atoms with Crippen LogP contribution in [0.4, 0.5) is 0 Å². The second-order valence-electron chi connectivity index (χ2n) is 23.9. The SMILES string of the molecule is CC(C)(C)c1ccc2c(c1)c1cc(-c3ccncc3)cc3c1n2-c1cc(-n2c4cc(-c5ccccc5)ccc4c4ccc(-c5ccccc5)cc42)cc2c1B3c1cc(-c3ccncc3)cc3c4cc(C(C)(C)C)ccc4n-2c13. The lowest BCUT2D eigenvalue weighted by atomic mass is 9.34. The topological polar surface area (TPSA) is 40.6 Å². The average molecular weight is 1000 g/mol. The van der Waals surface area contributed by atoms with Crippen molar-refractivity contribution in [2.45, 2.75) is 52.4 Å². The Hall–Kier alpha value is -9.26. The van der Waals surface area contributed by atoms with Crippen molar-refractivity contribution in [3.05, 3.63) is 230 Å². The van der Waals surface area contributed by atoms with Crippen molar-refractivity contribution < 1.29 is 0 Å². The second-order valence-corrected chi connectivity index (χ2v) is 23.9. The van der Waals surface area contributed by atoms with E-state index >= 15 is 0 Å². The van der Waals surface area contributed by atoms with Gasteiger partial charge in [-0.1, -0.05) is 151 Å². The number of aromatic nitrogens is 5. The van der Waals surface area contributed by atoms with E-state index in [0.29, 0.717) is 0 Å². The highest BCUT2D eigenvalue weighted by molar-refractivity contribution is 7.00. The van der Waals surface area contributed by atoms with Crippen LogP contribution in [0, 0.1) is 0 Å². The van der Waals surface area contributed by atoms with Gasteiger partial charge in [0, 0.05) is 79.5 Å². The quantitative estimate of drug-likeness (QED) is 0.161. The normalized spacial score (nSPS) is 13.0. The first-order valence-corrected chi connectivity index (χ1v) is 27.4. The molecule has 2 aliphatic rings. The lowest BCUT2D eigenvalue weighted by Crippen LogP contribution is -2.59. The van der Waals surface area contributed by atoms with Gasteiger partial charge in [-0.05, 0) is 168 Å². The molecule has 6 heteroatoms. The molecule has 0 unspecified atom stereocenters. The Balaban J connectivity index is 1.11. The van der Waals surface area contributed by atoms with E-state index in [4.69, 9.17) is 0 Å². The summed E-state index contributed by atoms with van der Waals surface area (Å²) in [5.74, 6) is 0. The van der Waals surface area contributed by atoms with Crippen molar-refractivity contribution in [1.29, 1.82) is 0 Å². The van der Waals surface area contributed by atoms with Crippen LogP contribution in [0.2, 0.25) is 0 Å². The van der Waals surface area contributed by atoms with E-state index in [1.54, 1.807) is 0 Å². The fourth-order valence-electron chi connectivity index (χ4n) is 13.5. The van der Waals surface area contributed by atoms with Gasteiger partial charge in [0.1, 0.15) is 0 Å². The Morgan fingerprint density at radius 3 is 1.17 bits per heavy atom. The molecule has 0 bridgehead atoms. The minimum Gasteiger partial charge on any atom is -0.310 e. The van der Waals surface area contributed by atoms with Crippen LogP contribution < -0.4 is 16.4 Å². The van der Waals surface area contributed by atoms with E-state index in [0.717, 1.165) is 16.8 Å². The van der Waals surface area contributed by atoms with Crippen molar-refractivity contribution >= 4 is 88.5 Å². The summed E-state index contributed by atoms with van der Waals surface area (Å²) in [5, 5.41) is 7.50. The molecule has 78 heavy (non-hydrogen) atoms. The number of pyridine rings is 2. The number of fused-ring (bicyclic) bond motifs is 13. The Labute approximate surface area is 453 Å². The highest BCUT2D eigenvalue weighted by Gasteiger charge is 2.42. The van der Waals surface area contributed by atoms with Gasteiger partial charge in [0.05, 0.1) is 27.8 Å². The molecule has 0 fully saturated rings. The summed E-state index contributed by atoms with van der Waals surface area (Å²) < 4.78 is 7.85. The van der Waals surface area contributed by atoms with Gasteiger partial charge in [-0.2, -0.15) is 0 Å². The van der Waals surface area contributed by atoms with E-state index < -0.39 is 0 Å². The van der Waals surface area contributed by atoms with Crippen LogP contribution in [0.5, 0.6) is 0 Å². The van der Waals surface area contributed by atoms with Gasteiger partial charge in [0.25, 0.3) is 6.71 Å². The summed E-state index contributed by atoms with van der Waals surface area (Å²) in [4.78, 5) is 8.97. The van der Waals surface area contributed by atoms with Gasteiger partial charge in [0.2, 0.25) is 0 Å². The molecule has 0 saturated heterocycles. The minimum atomic E-state index is -0.108. The maximum absolute atomic E-state index is 4.49. The number of nitrogens with zero attached hydrogens (tertiary/aromatic N) is 5. The highest BCUT2D eigenvalue weighted by Crippen LogP contribution is 2.45. The third kappa shape index (κ3) is 6.50. The summed E-state index contributed by atoms with van der Waals surface area (Å²) >= 11 is 0. The third-order valence-electron chi connectivity index (χ3n) is 17.3. The van der Waals surface area contributed by atoms with Crippen molar-refractivity contribution in [3.63, 3.8) is 0 Å². The monoisotopic (exact) mass is 999 g/mol. The second kappa shape index (κ2) is 16.1. The largest absolute Gasteiger partial charge is 0.310 e. The van der Waals surface area contributed by atoms with Gasteiger partial charge in [-0.15, -0.1) is 0 Å². The highest BCUT2D eigenvalue weighted by atomic mass is 15.1. The van der Waals surface area contributed by atoms with Gasteiger partial charge in [-0.25, -0.2) is 0 Å². The number of hydrogen-bond acceptors (Lipinski definition) is 2. The first-order valence-electron chi connectivity index (χ1n) is 27.4. The van der Waals surface area contributed by atoms with Crippen molar-refractivity contribution in [3.8, 4) is 61.6 Å². The average Bonchev–Trinajstić information content (AvgIpc) is 2.45. The lowest BCUT2D eigenvalue weighted by molar-refractivity contribution is 0.591. The number of hydrogen-bond donors (Lipinski definition) is 0. The zero-order valence-electron chi connectivity index (χ0n) is 44.6. The summed E-state index contributed by atoms with van der Waals surface area (Å²) in [6.45, 7) is 13.9. The Bertz CT molecular complexity index is 4540. The van der Waals surface area contributed by atoms with Crippen molar-refractivity contribution in [2.24, 2.45) is 0 Å². The summed E-state index contributed by atoms with van der Waals surface area (Å²) in [6, 6.07) is 73.9. The Kier molecular flexibility index (Phi) is 9.31. The van der Waals surface area contributed by atoms with Crippen LogP contribution in [0.15, 0.2) is 219 Å². The van der Waals surface area contributed by atoms with Crippen molar-refractivity contribution in [2.75, 3.05) is 0 Å². The van der Waals surface area contributed by atoms with Gasteiger partial charge >= 0.3 is 0 Å². The predicted molar refractivity (Wildman–Crippen MR) is 329 cm³/mol. The smallest absolute Gasteiger partial charge is 0.252 e. The van der Waals surface area contributed by atoms with Crippen LogP contribution in [-0.2, 0) is 10.8 Å². The molecule has 0 saturated carbocycles. The lowest BCUT2D eigenvalue weighted by Gasteiger charge is -2.35. The molecule has 16 rings (SSSR count). The Morgan fingerprint density at radius 2 is 0.744 bits per heavy atom. The molecule has 9 aromatic carbocycles. The molecule has 0 N–H and O–H groups in total.